The zero-order chi connectivity index (χ0) is 14.0. The van der Waals surface area contributed by atoms with E-state index in [1.807, 2.05) is 0 Å². The van der Waals surface area contributed by atoms with E-state index in [1.54, 1.807) is 31.3 Å². The fourth-order valence-electron chi connectivity index (χ4n) is 1.54. The number of hydrogen-bond acceptors (Lipinski definition) is 2. The summed E-state index contributed by atoms with van der Waals surface area (Å²) in [7, 11) is 0. The Labute approximate surface area is 125 Å². The molecule has 4 nitrogen and oxygen atoms in total. The smallest absolute Gasteiger partial charge is 0.225 e. The van der Waals surface area contributed by atoms with Crippen molar-refractivity contribution < 1.29 is 4.79 Å². The predicted octanol–water partition coefficient (Wildman–Crippen LogP) is 4.18. The van der Waals surface area contributed by atoms with E-state index < -0.39 is 0 Å². The maximum atomic E-state index is 11.4. The summed E-state index contributed by atoms with van der Waals surface area (Å²) in [5.41, 5.74) is 0.476. The molecule has 0 aliphatic rings. The lowest BCUT2D eigenvalue weighted by Crippen LogP contribution is -2.13. The highest BCUT2D eigenvalue weighted by Crippen LogP contribution is 2.33. The molecule has 100 valence electrons. The van der Waals surface area contributed by atoms with Gasteiger partial charge in [0.05, 0.1) is 16.2 Å². The second kappa shape index (κ2) is 5.82. The fraction of sp³-hybridized carbons (Fsp3) is 0.167. The zero-order valence-corrected chi connectivity index (χ0v) is 12.2. The molecule has 7 heteroatoms. The molecule has 1 aromatic carbocycles. The molecule has 0 atom stereocenters. The molecule has 0 aliphatic heterocycles. The molecule has 2 rings (SSSR count). The molecule has 0 saturated carbocycles. The number of halogens is 3. The Morgan fingerprint density at radius 3 is 2.53 bits per heavy atom. The van der Waals surface area contributed by atoms with Gasteiger partial charge in [0.1, 0.15) is 11.5 Å². The van der Waals surface area contributed by atoms with Crippen molar-refractivity contribution in [1.29, 1.82) is 0 Å². The number of aromatic nitrogens is 2. The Morgan fingerprint density at radius 2 is 1.95 bits per heavy atom. The molecular formula is C12H10Cl3N3O. The summed E-state index contributed by atoms with van der Waals surface area (Å²) in [4.78, 5) is 11.4. The van der Waals surface area contributed by atoms with E-state index in [9.17, 15) is 4.79 Å². The average Bonchev–Trinajstić information content (AvgIpc) is 2.76. The first-order valence-corrected chi connectivity index (χ1v) is 6.65. The maximum absolute atomic E-state index is 11.4. The van der Waals surface area contributed by atoms with Crippen molar-refractivity contribution >= 4 is 46.5 Å². The third-order valence-corrected chi connectivity index (χ3v) is 3.22. The van der Waals surface area contributed by atoms with Crippen molar-refractivity contribution in [2.24, 2.45) is 0 Å². The molecule has 0 saturated heterocycles. The molecule has 0 radical (unpaired) electrons. The molecule has 0 fully saturated rings. The van der Waals surface area contributed by atoms with Gasteiger partial charge in [-0.15, -0.1) is 0 Å². The van der Waals surface area contributed by atoms with Crippen molar-refractivity contribution in [2.45, 2.75) is 13.3 Å². The zero-order valence-electron chi connectivity index (χ0n) is 9.95. The number of hydrogen-bond donors (Lipinski definition) is 1. The number of nitrogens with zero attached hydrogens (tertiary/aromatic N) is 2. The van der Waals surface area contributed by atoms with Crippen LogP contribution in [0.25, 0.3) is 5.69 Å². The van der Waals surface area contributed by atoms with Crippen LogP contribution in [0.4, 0.5) is 5.82 Å². The monoisotopic (exact) mass is 317 g/mol. The topological polar surface area (TPSA) is 46.9 Å². The van der Waals surface area contributed by atoms with E-state index >= 15 is 0 Å². The van der Waals surface area contributed by atoms with Gasteiger partial charge in [-0.05, 0) is 12.1 Å². The van der Waals surface area contributed by atoms with Gasteiger partial charge in [0, 0.05) is 17.5 Å². The van der Waals surface area contributed by atoms with Gasteiger partial charge >= 0.3 is 0 Å². The summed E-state index contributed by atoms with van der Waals surface area (Å²) in [6, 6.07) is 4.80. The van der Waals surface area contributed by atoms with E-state index in [0.717, 1.165) is 0 Å². The van der Waals surface area contributed by atoms with E-state index in [0.29, 0.717) is 33.0 Å². The first-order chi connectivity index (χ1) is 9.02. The summed E-state index contributed by atoms with van der Waals surface area (Å²) < 4.78 is 1.47. The normalized spacial score (nSPS) is 10.5. The Kier molecular flexibility index (Phi) is 4.34. The largest absolute Gasteiger partial charge is 0.311 e. The first-order valence-electron chi connectivity index (χ1n) is 5.51. The first kappa shape index (κ1) is 14.2. The van der Waals surface area contributed by atoms with Gasteiger partial charge in [0.25, 0.3) is 0 Å². The molecule has 0 aliphatic carbocycles. The third-order valence-electron chi connectivity index (χ3n) is 2.42. The summed E-state index contributed by atoms with van der Waals surface area (Å²) in [5, 5.41) is 7.98. The molecule has 2 aromatic rings. The summed E-state index contributed by atoms with van der Waals surface area (Å²) in [6.07, 6.45) is 1.92. The second-order valence-electron chi connectivity index (χ2n) is 3.75. The minimum atomic E-state index is -0.122. The predicted molar refractivity (Wildman–Crippen MR) is 77.5 cm³/mol. The van der Waals surface area contributed by atoms with Gasteiger partial charge in [0.2, 0.25) is 5.91 Å². The second-order valence-corrected chi connectivity index (χ2v) is 5.00. The quantitative estimate of drug-likeness (QED) is 0.922. The number of anilines is 1. The van der Waals surface area contributed by atoms with Crippen LogP contribution in [0.5, 0.6) is 0 Å². The molecule has 0 unspecified atom stereocenters. The van der Waals surface area contributed by atoms with Gasteiger partial charge in [0.15, 0.2) is 0 Å². The maximum Gasteiger partial charge on any atom is 0.225 e. The third kappa shape index (κ3) is 3.03. The van der Waals surface area contributed by atoms with Gasteiger partial charge in [-0.2, -0.15) is 5.10 Å². The molecule has 19 heavy (non-hydrogen) atoms. The Balaban J connectivity index is 2.49. The van der Waals surface area contributed by atoms with Gasteiger partial charge in [-0.25, -0.2) is 4.68 Å². The standard InChI is InChI=1S/C12H10Cl3N3O/c1-2-11(19)17-10-3-4-16-18(10)12-8(14)5-7(13)6-9(12)15/h3-6H,2H2,1H3,(H,17,19). The lowest BCUT2D eigenvalue weighted by Gasteiger charge is -2.12. The van der Waals surface area contributed by atoms with Crippen molar-refractivity contribution in [3.63, 3.8) is 0 Å². The number of carbonyl (C=O) groups is 1. The Bertz CT molecular complexity index is 601. The molecule has 1 aromatic heterocycles. The molecular weight excluding hydrogens is 309 g/mol. The highest BCUT2D eigenvalue weighted by atomic mass is 35.5. The molecule has 1 heterocycles. The number of amides is 1. The van der Waals surface area contributed by atoms with Crippen molar-refractivity contribution in [2.75, 3.05) is 5.32 Å². The molecule has 0 bridgehead atoms. The van der Waals surface area contributed by atoms with Crippen LogP contribution >= 0.6 is 34.8 Å². The van der Waals surface area contributed by atoms with Crippen molar-refractivity contribution in [1.82, 2.24) is 9.78 Å². The fourth-order valence-corrected chi connectivity index (χ4v) is 2.52. The van der Waals surface area contributed by atoms with Crippen LogP contribution in [0.3, 0.4) is 0 Å². The number of carbonyl (C=O) groups excluding carboxylic acids is 1. The number of nitrogens with one attached hydrogen (secondary N) is 1. The van der Waals surface area contributed by atoms with Crippen LogP contribution in [0.1, 0.15) is 13.3 Å². The Morgan fingerprint density at radius 1 is 1.32 bits per heavy atom. The van der Waals surface area contributed by atoms with E-state index in [-0.39, 0.29) is 5.91 Å². The lowest BCUT2D eigenvalue weighted by atomic mass is 10.3. The van der Waals surface area contributed by atoms with Gasteiger partial charge in [-0.3, -0.25) is 4.79 Å². The minimum Gasteiger partial charge on any atom is -0.311 e. The minimum absolute atomic E-state index is 0.122. The van der Waals surface area contributed by atoms with Crippen LogP contribution < -0.4 is 5.32 Å². The molecule has 0 spiro atoms. The van der Waals surface area contributed by atoms with E-state index in [4.69, 9.17) is 34.8 Å². The summed E-state index contributed by atoms with van der Waals surface area (Å²) in [5.74, 6) is 0.376. The van der Waals surface area contributed by atoms with Crippen molar-refractivity contribution in [3.8, 4) is 5.69 Å². The number of rotatable bonds is 3. The highest BCUT2D eigenvalue weighted by molar-refractivity contribution is 6.40. The van der Waals surface area contributed by atoms with Crippen LogP contribution in [0.2, 0.25) is 15.1 Å². The SMILES string of the molecule is CCC(=O)Nc1ccnn1-c1c(Cl)cc(Cl)cc1Cl. The number of benzene rings is 1. The van der Waals surface area contributed by atoms with Gasteiger partial charge in [-0.1, -0.05) is 41.7 Å². The summed E-state index contributed by atoms with van der Waals surface area (Å²) >= 11 is 18.1. The highest BCUT2D eigenvalue weighted by Gasteiger charge is 2.14. The molecule has 1 amide bonds. The average molecular weight is 319 g/mol. The lowest BCUT2D eigenvalue weighted by molar-refractivity contribution is -0.115. The van der Waals surface area contributed by atoms with Crippen LogP contribution in [-0.4, -0.2) is 15.7 Å². The Hall–Kier alpha value is -1.23. The van der Waals surface area contributed by atoms with Crippen molar-refractivity contribution in [3.05, 3.63) is 39.5 Å². The van der Waals surface area contributed by atoms with Crippen LogP contribution in [0, 0.1) is 0 Å². The summed E-state index contributed by atoms with van der Waals surface area (Å²) in [6.45, 7) is 1.76. The van der Waals surface area contributed by atoms with Gasteiger partial charge < -0.3 is 5.32 Å². The van der Waals surface area contributed by atoms with E-state index in [1.165, 1.54) is 4.68 Å². The van der Waals surface area contributed by atoms with Crippen LogP contribution in [0.15, 0.2) is 24.4 Å². The van der Waals surface area contributed by atoms with Crippen LogP contribution in [-0.2, 0) is 4.79 Å². The van der Waals surface area contributed by atoms with E-state index in [2.05, 4.69) is 10.4 Å². The molecule has 1 N–H and O–H groups in total.